The standard InChI is InChI=1S/C16H16BrN3O/c1-12-3-2-4-15(9-12)18-11-16(21)20-19-10-13-5-7-14(17)8-6-13/h2-10,18H,11H2,1H3,(H,20,21). The smallest absolute Gasteiger partial charge is 0.259 e. The third-order valence-corrected chi connectivity index (χ3v) is 3.27. The molecule has 2 aromatic rings. The summed E-state index contributed by atoms with van der Waals surface area (Å²) < 4.78 is 1.01. The van der Waals surface area contributed by atoms with Crippen molar-refractivity contribution in [1.29, 1.82) is 0 Å². The molecule has 0 unspecified atom stereocenters. The maximum atomic E-state index is 11.7. The van der Waals surface area contributed by atoms with E-state index in [0.717, 1.165) is 21.3 Å². The normalized spacial score (nSPS) is 10.6. The molecular formula is C16H16BrN3O. The predicted molar refractivity (Wildman–Crippen MR) is 89.5 cm³/mol. The zero-order valence-electron chi connectivity index (χ0n) is 11.6. The van der Waals surface area contributed by atoms with Crippen LogP contribution in [0.5, 0.6) is 0 Å². The molecule has 0 aliphatic carbocycles. The van der Waals surface area contributed by atoms with Crippen molar-refractivity contribution >= 4 is 33.7 Å². The molecular weight excluding hydrogens is 330 g/mol. The van der Waals surface area contributed by atoms with E-state index in [0.29, 0.717) is 0 Å². The molecule has 2 aromatic carbocycles. The summed E-state index contributed by atoms with van der Waals surface area (Å²) >= 11 is 3.36. The van der Waals surface area contributed by atoms with Gasteiger partial charge in [-0.3, -0.25) is 4.79 Å². The van der Waals surface area contributed by atoms with Crippen molar-refractivity contribution in [2.24, 2.45) is 5.10 Å². The lowest BCUT2D eigenvalue weighted by molar-refractivity contribution is -0.119. The summed E-state index contributed by atoms with van der Waals surface area (Å²) in [4.78, 5) is 11.7. The molecule has 108 valence electrons. The second-order valence-corrected chi connectivity index (χ2v) is 5.48. The molecule has 0 heterocycles. The Balaban J connectivity index is 1.78. The fourth-order valence-corrected chi connectivity index (χ4v) is 1.97. The Labute approximate surface area is 132 Å². The first kappa shape index (κ1) is 15.3. The Bertz CT molecular complexity index is 638. The number of carbonyl (C=O) groups excluding carboxylic acids is 1. The van der Waals surface area contributed by atoms with Gasteiger partial charge in [0, 0.05) is 10.2 Å². The first-order valence-corrected chi connectivity index (χ1v) is 7.31. The van der Waals surface area contributed by atoms with E-state index in [1.807, 2.05) is 55.5 Å². The average molecular weight is 346 g/mol. The largest absolute Gasteiger partial charge is 0.376 e. The van der Waals surface area contributed by atoms with Gasteiger partial charge in [-0.25, -0.2) is 5.43 Å². The van der Waals surface area contributed by atoms with E-state index in [2.05, 4.69) is 31.8 Å². The van der Waals surface area contributed by atoms with E-state index in [4.69, 9.17) is 0 Å². The van der Waals surface area contributed by atoms with E-state index >= 15 is 0 Å². The fourth-order valence-electron chi connectivity index (χ4n) is 1.70. The van der Waals surface area contributed by atoms with Crippen molar-refractivity contribution in [3.05, 3.63) is 64.1 Å². The minimum absolute atomic E-state index is 0.182. The molecule has 21 heavy (non-hydrogen) atoms. The zero-order valence-corrected chi connectivity index (χ0v) is 13.2. The van der Waals surface area contributed by atoms with Crippen molar-refractivity contribution in [1.82, 2.24) is 5.43 Å². The summed E-state index contributed by atoms with van der Waals surface area (Å²) in [6.45, 7) is 2.19. The van der Waals surface area contributed by atoms with Crippen LogP contribution in [0.25, 0.3) is 0 Å². The van der Waals surface area contributed by atoms with Crippen molar-refractivity contribution in [3.63, 3.8) is 0 Å². The van der Waals surface area contributed by atoms with Gasteiger partial charge in [0.15, 0.2) is 0 Å². The SMILES string of the molecule is Cc1cccc(NCC(=O)NN=Cc2ccc(Br)cc2)c1. The summed E-state index contributed by atoms with van der Waals surface area (Å²) in [6, 6.07) is 15.5. The number of hydrogen-bond acceptors (Lipinski definition) is 3. The van der Waals surface area contributed by atoms with Crippen molar-refractivity contribution in [2.75, 3.05) is 11.9 Å². The van der Waals surface area contributed by atoms with Gasteiger partial charge in [0.2, 0.25) is 0 Å². The average Bonchev–Trinajstić information content (AvgIpc) is 2.47. The van der Waals surface area contributed by atoms with Crippen molar-refractivity contribution in [3.8, 4) is 0 Å². The van der Waals surface area contributed by atoms with Gasteiger partial charge in [0.05, 0.1) is 12.8 Å². The monoisotopic (exact) mass is 345 g/mol. The van der Waals surface area contributed by atoms with E-state index < -0.39 is 0 Å². The van der Waals surface area contributed by atoms with Gasteiger partial charge in [-0.05, 0) is 42.3 Å². The van der Waals surface area contributed by atoms with Crippen LogP contribution in [0.15, 0.2) is 58.1 Å². The van der Waals surface area contributed by atoms with E-state index in [-0.39, 0.29) is 12.5 Å². The van der Waals surface area contributed by atoms with Crippen LogP contribution in [0.2, 0.25) is 0 Å². The Morgan fingerprint density at radius 3 is 2.71 bits per heavy atom. The van der Waals surface area contributed by atoms with Crippen molar-refractivity contribution in [2.45, 2.75) is 6.92 Å². The third-order valence-electron chi connectivity index (χ3n) is 2.74. The lowest BCUT2D eigenvalue weighted by Gasteiger charge is -2.05. The molecule has 0 aromatic heterocycles. The van der Waals surface area contributed by atoms with Crippen LogP contribution in [-0.4, -0.2) is 18.7 Å². The summed E-state index contributed by atoms with van der Waals surface area (Å²) in [7, 11) is 0. The highest BCUT2D eigenvalue weighted by molar-refractivity contribution is 9.10. The van der Waals surface area contributed by atoms with Crippen LogP contribution in [-0.2, 0) is 4.79 Å². The molecule has 4 nitrogen and oxygen atoms in total. The third kappa shape index (κ3) is 5.39. The molecule has 0 aliphatic heterocycles. The van der Waals surface area contributed by atoms with E-state index in [1.165, 1.54) is 0 Å². The fraction of sp³-hybridized carbons (Fsp3) is 0.125. The Kier molecular flexibility index (Phi) is 5.51. The van der Waals surface area contributed by atoms with Gasteiger partial charge < -0.3 is 5.32 Å². The van der Waals surface area contributed by atoms with Gasteiger partial charge in [-0.15, -0.1) is 0 Å². The minimum atomic E-state index is -0.190. The first-order chi connectivity index (χ1) is 10.1. The van der Waals surface area contributed by atoms with Crippen LogP contribution >= 0.6 is 15.9 Å². The number of halogens is 1. The Morgan fingerprint density at radius 1 is 1.24 bits per heavy atom. The highest BCUT2D eigenvalue weighted by atomic mass is 79.9. The first-order valence-electron chi connectivity index (χ1n) is 6.51. The molecule has 1 amide bonds. The lowest BCUT2D eigenvalue weighted by Crippen LogP contribution is -2.25. The predicted octanol–water partition coefficient (Wildman–Crippen LogP) is 3.32. The summed E-state index contributed by atoms with van der Waals surface area (Å²) in [5.74, 6) is -0.190. The van der Waals surface area contributed by atoms with Gasteiger partial charge in [-0.1, -0.05) is 40.2 Å². The second kappa shape index (κ2) is 7.59. The number of hydrazone groups is 1. The zero-order chi connectivity index (χ0) is 15.1. The molecule has 0 bridgehead atoms. The Hall–Kier alpha value is -2.14. The number of anilines is 1. The molecule has 0 saturated heterocycles. The van der Waals surface area contributed by atoms with E-state index in [1.54, 1.807) is 6.21 Å². The second-order valence-electron chi connectivity index (χ2n) is 4.57. The van der Waals surface area contributed by atoms with Crippen LogP contribution in [0.1, 0.15) is 11.1 Å². The molecule has 0 fully saturated rings. The van der Waals surface area contributed by atoms with E-state index in [9.17, 15) is 4.79 Å². The quantitative estimate of drug-likeness (QED) is 0.645. The number of carbonyl (C=O) groups is 1. The number of hydrogen-bond donors (Lipinski definition) is 2. The topological polar surface area (TPSA) is 53.5 Å². The minimum Gasteiger partial charge on any atom is -0.376 e. The van der Waals surface area contributed by atoms with Gasteiger partial charge in [0.25, 0.3) is 5.91 Å². The molecule has 5 heteroatoms. The van der Waals surface area contributed by atoms with Gasteiger partial charge in [-0.2, -0.15) is 5.10 Å². The molecule has 0 atom stereocenters. The molecule has 0 radical (unpaired) electrons. The van der Waals surface area contributed by atoms with Crippen molar-refractivity contribution < 1.29 is 4.79 Å². The number of aryl methyl sites for hydroxylation is 1. The molecule has 0 saturated carbocycles. The number of rotatable bonds is 5. The molecule has 0 aliphatic rings. The molecule has 2 rings (SSSR count). The number of nitrogens with one attached hydrogen (secondary N) is 2. The van der Waals surface area contributed by atoms with Crippen LogP contribution in [0, 0.1) is 6.92 Å². The summed E-state index contributed by atoms with van der Waals surface area (Å²) in [5, 5.41) is 6.97. The number of nitrogens with zero attached hydrogens (tertiary/aromatic N) is 1. The van der Waals surface area contributed by atoms with Gasteiger partial charge >= 0.3 is 0 Å². The van der Waals surface area contributed by atoms with Crippen LogP contribution in [0.4, 0.5) is 5.69 Å². The lowest BCUT2D eigenvalue weighted by atomic mass is 10.2. The highest BCUT2D eigenvalue weighted by Crippen LogP contribution is 2.09. The van der Waals surface area contributed by atoms with Gasteiger partial charge in [0.1, 0.15) is 0 Å². The maximum Gasteiger partial charge on any atom is 0.259 e. The van der Waals surface area contributed by atoms with Crippen LogP contribution < -0.4 is 10.7 Å². The molecule has 2 N–H and O–H groups in total. The summed E-state index contributed by atoms with van der Waals surface area (Å²) in [5.41, 5.74) is 5.47. The number of amides is 1. The summed E-state index contributed by atoms with van der Waals surface area (Å²) in [6.07, 6.45) is 1.61. The van der Waals surface area contributed by atoms with Crippen LogP contribution in [0.3, 0.4) is 0 Å². The maximum absolute atomic E-state index is 11.7. The highest BCUT2D eigenvalue weighted by Gasteiger charge is 1.99. The molecule has 0 spiro atoms. The Morgan fingerprint density at radius 2 is 2.00 bits per heavy atom. The number of benzene rings is 2.